The van der Waals surface area contributed by atoms with Crippen molar-refractivity contribution in [1.29, 1.82) is 0 Å². The maximum absolute atomic E-state index is 11.5. The SMILES string of the molecule is COC(=O)c1ccccc1O[Si]C(OC)OC. The fraction of sp³-hybridized carbons (Fsp3) is 0.364. The molecule has 0 amide bonds. The fourth-order valence-electron chi connectivity index (χ4n) is 1.14. The highest BCUT2D eigenvalue weighted by atomic mass is 28.2. The summed E-state index contributed by atoms with van der Waals surface area (Å²) in [5.74, 6) is -0.422. The van der Waals surface area contributed by atoms with E-state index in [4.69, 9.17) is 13.9 Å². The van der Waals surface area contributed by atoms with Crippen LogP contribution in [-0.2, 0) is 14.2 Å². The molecule has 2 radical (unpaired) electrons. The Morgan fingerprint density at radius 1 is 1.18 bits per heavy atom. The van der Waals surface area contributed by atoms with Crippen molar-refractivity contribution in [3.63, 3.8) is 0 Å². The lowest BCUT2D eigenvalue weighted by atomic mass is 10.2. The van der Waals surface area contributed by atoms with E-state index in [9.17, 15) is 4.79 Å². The number of carbonyl (C=O) groups is 1. The highest BCUT2D eigenvalue weighted by Crippen LogP contribution is 2.18. The van der Waals surface area contributed by atoms with Crippen LogP contribution in [0.2, 0.25) is 0 Å². The minimum absolute atomic E-state index is 0.0609. The zero-order chi connectivity index (χ0) is 12.7. The zero-order valence-electron chi connectivity index (χ0n) is 9.93. The van der Waals surface area contributed by atoms with Gasteiger partial charge >= 0.3 is 15.7 Å². The van der Waals surface area contributed by atoms with Gasteiger partial charge in [0.25, 0.3) is 0 Å². The standard InChI is InChI=1S/C11H14O5Si/c1-13-10(12)8-6-4-5-7-9(8)16-17-11(14-2)15-3/h4-7,11H,1-3H3. The normalized spacial score (nSPS) is 10.4. The van der Waals surface area contributed by atoms with Gasteiger partial charge in [-0.2, -0.15) is 0 Å². The first kappa shape index (κ1) is 13.7. The molecule has 0 aliphatic rings. The summed E-state index contributed by atoms with van der Waals surface area (Å²) >= 11 is 0. The fourth-order valence-corrected chi connectivity index (χ4v) is 1.73. The molecule has 5 nitrogen and oxygen atoms in total. The molecule has 1 aromatic rings. The number of para-hydroxylation sites is 1. The topological polar surface area (TPSA) is 54.0 Å². The second-order valence-electron chi connectivity index (χ2n) is 3.01. The Balaban J connectivity index is 2.73. The van der Waals surface area contributed by atoms with E-state index < -0.39 is 11.9 Å². The molecular formula is C11H14O5Si. The summed E-state index contributed by atoms with van der Waals surface area (Å²) in [6.07, 6.45) is 0. The number of carbonyl (C=O) groups excluding carboxylic acids is 1. The van der Waals surface area contributed by atoms with Crippen LogP contribution in [0.3, 0.4) is 0 Å². The number of hydrogen-bond donors (Lipinski definition) is 0. The molecule has 0 saturated heterocycles. The average molecular weight is 254 g/mol. The lowest BCUT2D eigenvalue weighted by molar-refractivity contribution is -0.0492. The largest absolute Gasteiger partial charge is 0.535 e. The predicted molar refractivity (Wildman–Crippen MR) is 62.0 cm³/mol. The van der Waals surface area contributed by atoms with Gasteiger partial charge in [-0.3, -0.25) is 0 Å². The maximum atomic E-state index is 11.5. The minimum atomic E-state index is -0.444. The summed E-state index contributed by atoms with van der Waals surface area (Å²) in [6.45, 7) is 0. The first-order chi connectivity index (χ1) is 8.22. The van der Waals surface area contributed by atoms with E-state index in [-0.39, 0.29) is 9.76 Å². The number of hydrogen-bond acceptors (Lipinski definition) is 5. The summed E-state index contributed by atoms with van der Waals surface area (Å²) in [7, 11) is 4.32. The van der Waals surface area contributed by atoms with E-state index in [2.05, 4.69) is 4.74 Å². The van der Waals surface area contributed by atoms with E-state index >= 15 is 0 Å². The molecule has 0 aliphatic heterocycles. The Morgan fingerprint density at radius 3 is 2.41 bits per heavy atom. The Hall–Kier alpha value is -1.37. The third kappa shape index (κ3) is 3.85. The van der Waals surface area contributed by atoms with Crippen LogP contribution in [0.1, 0.15) is 10.4 Å². The molecule has 0 aromatic heterocycles. The molecule has 0 bridgehead atoms. The van der Waals surface area contributed by atoms with E-state index in [1.165, 1.54) is 21.3 Å². The van der Waals surface area contributed by atoms with Gasteiger partial charge in [0, 0.05) is 14.2 Å². The summed E-state index contributed by atoms with van der Waals surface area (Å²) in [5, 5.41) is 0. The summed E-state index contributed by atoms with van der Waals surface area (Å²) in [6, 6.07) is 6.86. The molecule has 0 heterocycles. The van der Waals surface area contributed by atoms with E-state index in [1.54, 1.807) is 24.3 Å². The highest BCUT2D eigenvalue weighted by Gasteiger charge is 2.15. The quantitative estimate of drug-likeness (QED) is 0.431. The molecule has 0 spiro atoms. The molecule has 1 aromatic carbocycles. The Labute approximate surface area is 103 Å². The average Bonchev–Trinajstić information content (AvgIpc) is 2.39. The van der Waals surface area contributed by atoms with Gasteiger partial charge in [-0.15, -0.1) is 0 Å². The smallest absolute Gasteiger partial charge is 0.376 e. The van der Waals surface area contributed by atoms with Crippen molar-refractivity contribution in [3.05, 3.63) is 29.8 Å². The molecule has 0 N–H and O–H groups in total. The Bertz CT molecular complexity index is 365. The van der Waals surface area contributed by atoms with Crippen molar-refractivity contribution in [2.75, 3.05) is 21.3 Å². The lowest BCUT2D eigenvalue weighted by Crippen LogP contribution is -2.26. The molecular weight excluding hydrogens is 240 g/mol. The number of ether oxygens (including phenoxy) is 3. The van der Waals surface area contributed by atoms with Crippen LogP contribution in [-0.4, -0.2) is 43.0 Å². The van der Waals surface area contributed by atoms with Crippen molar-refractivity contribution >= 4 is 15.7 Å². The third-order valence-corrected chi connectivity index (χ3v) is 2.99. The molecule has 6 heteroatoms. The maximum Gasteiger partial charge on any atom is 0.376 e. The summed E-state index contributed by atoms with van der Waals surface area (Å²) in [4.78, 5) is 11.5. The van der Waals surface area contributed by atoms with Crippen LogP contribution in [0.25, 0.3) is 0 Å². The first-order valence-corrected chi connectivity index (χ1v) is 5.86. The predicted octanol–water partition coefficient (Wildman–Crippen LogP) is 1.05. The van der Waals surface area contributed by atoms with Crippen LogP contribution >= 0.6 is 0 Å². The van der Waals surface area contributed by atoms with Gasteiger partial charge in [0.05, 0.1) is 7.11 Å². The highest BCUT2D eigenvalue weighted by molar-refractivity contribution is 6.29. The van der Waals surface area contributed by atoms with E-state index in [0.717, 1.165) is 0 Å². The molecule has 0 aliphatic carbocycles. The molecule has 0 saturated carbocycles. The lowest BCUT2D eigenvalue weighted by Gasteiger charge is -2.14. The van der Waals surface area contributed by atoms with Crippen LogP contribution in [0.5, 0.6) is 5.75 Å². The minimum Gasteiger partial charge on any atom is -0.535 e. The van der Waals surface area contributed by atoms with Crippen LogP contribution in [0.15, 0.2) is 24.3 Å². The Kier molecular flexibility index (Phi) is 5.68. The van der Waals surface area contributed by atoms with Gasteiger partial charge in [0.1, 0.15) is 11.3 Å². The monoisotopic (exact) mass is 254 g/mol. The Morgan fingerprint density at radius 2 is 1.82 bits per heavy atom. The number of rotatable bonds is 6. The van der Waals surface area contributed by atoms with Crippen molar-refractivity contribution in [2.45, 2.75) is 5.91 Å². The number of methoxy groups -OCH3 is 3. The van der Waals surface area contributed by atoms with E-state index in [1.807, 2.05) is 0 Å². The van der Waals surface area contributed by atoms with Gasteiger partial charge in [-0.25, -0.2) is 4.79 Å². The van der Waals surface area contributed by atoms with Gasteiger partial charge in [0.15, 0.2) is 5.91 Å². The second-order valence-corrected chi connectivity index (χ2v) is 3.92. The molecule has 0 unspecified atom stereocenters. The van der Waals surface area contributed by atoms with Gasteiger partial charge < -0.3 is 18.6 Å². The van der Waals surface area contributed by atoms with Crippen molar-refractivity contribution in [3.8, 4) is 5.75 Å². The van der Waals surface area contributed by atoms with Crippen molar-refractivity contribution in [1.82, 2.24) is 0 Å². The number of benzene rings is 1. The summed E-state index contributed by atoms with van der Waals surface area (Å²) in [5.41, 5.74) is 0.383. The zero-order valence-corrected chi connectivity index (χ0v) is 10.9. The van der Waals surface area contributed by atoms with E-state index in [0.29, 0.717) is 11.3 Å². The first-order valence-electron chi connectivity index (χ1n) is 4.88. The van der Waals surface area contributed by atoms with Crippen LogP contribution < -0.4 is 4.43 Å². The van der Waals surface area contributed by atoms with Crippen LogP contribution in [0.4, 0.5) is 0 Å². The van der Waals surface area contributed by atoms with Crippen molar-refractivity contribution in [2.24, 2.45) is 0 Å². The summed E-state index contributed by atoms with van der Waals surface area (Å²) < 4.78 is 20.1. The van der Waals surface area contributed by atoms with Gasteiger partial charge in [-0.1, -0.05) is 12.1 Å². The van der Waals surface area contributed by atoms with Gasteiger partial charge in [0.2, 0.25) is 0 Å². The number of esters is 1. The molecule has 1 rings (SSSR count). The third-order valence-electron chi connectivity index (χ3n) is 1.99. The molecule has 17 heavy (non-hydrogen) atoms. The molecule has 92 valence electrons. The second kappa shape index (κ2) is 7.05. The van der Waals surface area contributed by atoms with Crippen molar-refractivity contribution < 1.29 is 23.4 Å². The van der Waals surface area contributed by atoms with Gasteiger partial charge in [-0.05, 0) is 12.1 Å². The molecule has 0 atom stereocenters. The van der Waals surface area contributed by atoms with Crippen LogP contribution in [0, 0.1) is 0 Å². The molecule has 0 fully saturated rings.